The number of carbonyl (C=O) groups is 1. The first-order valence-electron chi connectivity index (χ1n) is 5.21. The van der Waals surface area contributed by atoms with E-state index in [9.17, 15) is 4.79 Å². The molecule has 4 heteroatoms. The second kappa shape index (κ2) is 4.51. The molecule has 0 spiro atoms. The normalized spacial score (nSPS) is 11.1. The minimum Gasteiger partial charge on any atom is -0.444 e. The monoisotopic (exact) mass is 222 g/mol. The summed E-state index contributed by atoms with van der Waals surface area (Å²) in [5, 5.41) is 2.73. The van der Waals surface area contributed by atoms with Gasteiger partial charge in [0.1, 0.15) is 5.60 Å². The highest BCUT2D eigenvalue weighted by Crippen LogP contribution is 2.19. The largest absolute Gasteiger partial charge is 0.444 e. The highest BCUT2D eigenvalue weighted by atomic mass is 16.6. The number of anilines is 1. The van der Waals surface area contributed by atoms with Crippen LogP contribution in [0.3, 0.4) is 0 Å². The van der Waals surface area contributed by atoms with E-state index in [2.05, 4.69) is 10.3 Å². The van der Waals surface area contributed by atoms with Crippen LogP contribution >= 0.6 is 0 Å². The van der Waals surface area contributed by atoms with Crippen molar-refractivity contribution in [2.45, 2.75) is 40.2 Å². The predicted octanol–water partition coefficient (Wildman–Crippen LogP) is 3.05. The van der Waals surface area contributed by atoms with Crippen LogP contribution in [0.2, 0.25) is 0 Å². The van der Waals surface area contributed by atoms with Gasteiger partial charge in [0.25, 0.3) is 0 Å². The standard InChI is InChI=1S/C12H18N2O2/c1-8-6-13-7-9(2)10(8)14-11(15)16-12(3,4)5/h6-7H,1-5H3,(H,13,14,15). The molecule has 1 aromatic rings. The number of nitrogens with one attached hydrogen (secondary N) is 1. The summed E-state index contributed by atoms with van der Waals surface area (Å²) in [5.41, 5.74) is 2.12. The Bertz CT molecular complexity index is 374. The minimum atomic E-state index is -0.487. The van der Waals surface area contributed by atoms with Gasteiger partial charge in [0.2, 0.25) is 0 Å². The molecular formula is C12H18N2O2. The van der Waals surface area contributed by atoms with Gasteiger partial charge in [0.15, 0.2) is 0 Å². The van der Waals surface area contributed by atoms with Crippen LogP contribution in [0.15, 0.2) is 12.4 Å². The average molecular weight is 222 g/mol. The zero-order valence-electron chi connectivity index (χ0n) is 10.4. The highest BCUT2D eigenvalue weighted by Gasteiger charge is 2.17. The molecule has 0 aliphatic rings. The van der Waals surface area contributed by atoms with Gasteiger partial charge in [0, 0.05) is 12.4 Å². The van der Waals surface area contributed by atoms with Gasteiger partial charge in [-0.1, -0.05) is 0 Å². The summed E-state index contributed by atoms with van der Waals surface area (Å²) in [6.45, 7) is 9.29. The molecule has 1 N–H and O–H groups in total. The summed E-state index contributed by atoms with van der Waals surface area (Å²) < 4.78 is 5.18. The van der Waals surface area contributed by atoms with E-state index in [-0.39, 0.29) is 0 Å². The maximum Gasteiger partial charge on any atom is 0.412 e. The Morgan fingerprint density at radius 2 is 1.75 bits per heavy atom. The van der Waals surface area contributed by atoms with Gasteiger partial charge < -0.3 is 4.74 Å². The Balaban J connectivity index is 2.78. The smallest absolute Gasteiger partial charge is 0.412 e. The molecule has 1 aromatic heterocycles. The summed E-state index contributed by atoms with van der Waals surface area (Å²) in [6, 6.07) is 0. The van der Waals surface area contributed by atoms with E-state index in [1.807, 2.05) is 34.6 Å². The van der Waals surface area contributed by atoms with E-state index in [0.717, 1.165) is 16.8 Å². The van der Waals surface area contributed by atoms with E-state index in [4.69, 9.17) is 4.74 Å². The number of carbonyl (C=O) groups excluding carboxylic acids is 1. The van der Waals surface area contributed by atoms with Crippen LogP contribution < -0.4 is 5.32 Å². The third-order valence-corrected chi connectivity index (χ3v) is 1.95. The fourth-order valence-electron chi connectivity index (χ4n) is 1.30. The molecule has 0 bridgehead atoms. The molecule has 0 unspecified atom stereocenters. The highest BCUT2D eigenvalue weighted by molar-refractivity contribution is 5.86. The first-order valence-corrected chi connectivity index (χ1v) is 5.21. The summed E-state index contributed by atoms with van der Waals surface area (Å²) in [7, 11) is 0. The molecule has 4 nitrogen and oxygen atoms in total. The molecule has 1 rings (SSSR count). The molecule has 16 heavy (non-hydrogen) atoms. The van der Waals surface area contributed by atoms with Crippen molar-refractivity contribution >= 4 is 11.8 Å². The number of aryl methyl sites for hydroxylation is 2. The van der Waals surface area contributed by atoms with E-state index < -0.39 is 11.7 Å². The van der Waals surface area contributed by atoms with Gasteiger partial charge >= 0.3 is 6.09 Å². The van der Waals surface area contributed by atoms with Crippen molar-refractivity contribution < 1.29 is 9.53 Å². The van der Waals surface area contributed by atoms with Gasteiger partial charge in [0.05, 0.1) is 5.69 Å². The summed E-state index contributed by atoms with van der Waals surface area (Å²) >= 11 is 0. The lowest BCUT2D eigenvalue weighted by molar-refractivity contribution is 0.0635. The molecule has 0 saturated carbocycles. The van der Waals surface area contributed by atoms with Crippen molar-refractivity contribution in [2.24, 2.45) is 0 Å². The second-order valence-corrected chi connectivity index (χ2v) is 4.78. The predicted molar refractivity (Wildman–Crippen MR) is 63.6 cm³/mol. The van der Waals surface area contributed by atoms with Crippen molar-refractivity contribution in [1.29, 1.82) is 0 Å². The van der Waals surface area contributed by atoms with Crippen LogP contribution in [0, 0.1) is 13.8 Å². The van der Waals surface area contributed by atoms with E-state index in [0.29, 0.717) is 0 Å². The quantitative estimate of drug-likeness (QED) is 0.794. The van der Waals surface area contributed by atoms with Crippen LogP contribution in [0.25, 0.3) is 0 Å². The first-order chi connectivity index (χ1) is 7.29. The average Bonchev–Trinajstić information content (AvgIpc) is 2.08. The van der Waals surface area contributed by atoms with E-state index >= 15 is 0 Å². The zero-order chi connectivity index (χ0) is 12.3. The van der Waals surface area contributed by atoms with Crippen LogP contribution in [0.4, 0.5) is 10.5 Å². The molecule has 0 saturated heterocycles. The van der Waals surface area contributed by atoms with Gasteiger partial charge in [-0.15, -0.1) is 0 Å². The fourth-order valence-corrected chi connectivity index (χ4v) is 1.30. The SMILES string of the molecule is Cc1cncc(C)c1NC(=O)OC(C)(C)C. The first kappa shape index (κ1) is 12.5. The Morgan fingerprint density at radius 1 is 1.25 bits per heavy atom. The lowest BCUT2D eigenvalue weighted by Crippen LogP contribution is -2.27. The minimum absolute atomic E-state index is 0.440. The third-order valence-electron chi connectivity index (χ3n) is 1.95. The van der Waals surface area contributed by atoms with Gasteiger partial charge in [-0.2, -0.15) is 0 Å². The van der Waals surface area contributed by atoms with E-state index in [1.54, 1.807) is 12.4 Å². The van der Waals surface area contributed by atoms with Crippen LogP contribution in [-0.4, -0.2) is 16.7 Å². The summed E-state index contributed by atoms with van der Waals surface area (Å²) in [6.07, 6.45) is 2.98. The van der Waals surface area contributed by atoms with Crippen LogP contribution in [0.1, 0.15) is 31.9 Å². The Hall–Kier alpha value is -1.58. The van der Waals surface area contributed by atoms with Crippen molar-refractivity contribution in [2.75, 3.05) is 5.32 Å². The molecule has 88 valence electrons. The molecule has 0 fully saturated rings. The maximum atomic E-state index is 11.6. The van der Waals surface area contributed by atoms with Crippen molar-refractivity contribution in [3.05, 3.63) is 23.5 Å². The lowest BCUT2D eigenvalue weighted by Gasteiger charge is -2.20. The number of nitrogens with zero attached hydrogens (tertiary/aromatic N) is 1. The summed E-state index contributed by atoms with van der Waals surface area (Å²) in [5.74, 6) is 0. The molecule has 0 aliphatic carbocycles. The lowest BCUT2D eigenvalue weighted by atomic mass is 10.2. The van der Waals surface area contributed by atoms with Crippen molar-refractivity contribution in [3.8, 4) is 0 Å². The molecular weight excluding hydrogens is 204 g/mol. The van der Waals surface area contributed by atoms with Crippen molar-refractivity contribution in [1.82, 2.24) is 4.98 Å². The molecule has 1 heterocycles. The van der Waals surface area contributed by atoms with Crippen LogP contribution in [0.5, 0.6) is 0 Å². The number of hydrogen-bond acceptors (Lipinski definition) is 3. The zero-order valence-corrected chi connectivity index (χ0v) is 10.4. The van der Waals surface area contributed by atoms with Crippen LogP contribution in [-0.2, 0) is 4.74 Å². The summed E-state index contributed by atoms with van der Waals surface area (Å²) in [4.78, 5) is 15.6. The third kappa shape index (κ3) is 3.53. The molecule has 0 aliphatic heterocycles. The number of pyridine rings is 1. The number of rotatable bonds is 1. The topological polar surface area (TPSA) is 51.2 Å². The number of ether oxygens (including phenoxy) is 1. The maximum absolute atomic E-state index is 11.6. The second-order valence-electron chi connectivity index (χ2n) is 4.78. The Kier molecular flexibility index (Phi) is 3.52. The number of amides is 1. The Labute approximate surface area is 96.0 Å². The van der Waals surface area contributed by atoms with E-state index in [1.165, 1.54) is 0 Å². The number of hydrogen-bond donors (Lipinski definition) is 1. The number of aromatic nitrogens is 1. The molecule has 0 radical (unpaired) electrons. The molecule has 0 atom stereocenters. The fraction of sp³-hybridized carbons (Fsp3) is 0.500. The molecule has 1 amide bonds. The van der Waals surface area contributed by atoms with Gasteiger partial charge in [-0.3, -0.25) is 10.3 Å². The van der Waals surface area contributed by atoms with Gasteiger partial charge in [-0.05, 0) is 45.7 Å². The van der Waals surface area contributed by atoms with Crippen molar-refractivity contribution in [3.63, 3.8) is 0 Å². The molecule has 0 aromatic carbocycles. The Morgan fingerprint density at radius 3 is 2.19 bits per heavy atom. The van der Waals surface area contributed by atoms with Gasteiger partial charge in [-0.25, -0.2) is 4.79 Å².